The van der Waals surface area contributed by atoms with E-state index in [0.29, 0.717) is 0 Å². The molecule has 3 heterocycles. The molecule has 0 saturated carbocycles. The topological polar surface area (TPSA) is 0 Å². The molecule has 0 bridgehead atoms. The van der Waals surface area contributed by atoms with Gasteiger partial charge < -0.3 is 0 Å². The van der Waals surface area contributed by atoms with E-state index in [4.69, 9.17) is 0 Å². The average molecular weight is 425 g/mol. The first-order chi connectivity index (χ1) is 11.8. The Hall–Kier alpha value is -1.46. The maximum absolute atomic E-state index is 3.74. The number of fused-ring (bicyclic) bond motifs is 3. The molecule has 0 fully saturated rings. The molecule has 4 heteroatoms. The van der Waals surface area contributed by atoms with Crippen molar-refractivity contribution in [1.29, 1.82) is 0 Å². The highest BCUT2D eigenvalue weighted by Gasteiger charge is 2.50. The molecule has 116 valence electrons. The number of thiophene rings is 2. The second-order valence-corrected chi connectivity index (χ2v) is 13.0. The normalized spacial score (nSPS) is 14.4. The predicted octanol–water partition coefficient (Wildman–Crippen LogP) is 3.93. The molecule has 1 aliphatic rings. The molecule has 0 N–H and O–H groups in total. The summed E-state index contributed by atoms with van der Waals surface area (Å²) in [6.45, 7) is 0. The highest BCUT2D eigenvalue weighted by Crippen LogP contribution is 2.39. The molecule has 0 amide bonds. The Bertz CT molecular complexity index is 979. The van der Waals surface area contributed by atoms with Gasteiger partial charge >= 0.3 is 0 Å². The quantitative estimate of drug-likeness (QED) is 0.376. The van der Waals surface area contributed by atoms with Crippen LogP contribution in [0.25, 0.3) is 9.75 Å². The summed E-state index contributed by atoms with van der Waals surface area (Å²) in [6.07, 6.45) is 0. The molecule has 0 unspecified atom stereocenters. The Labute approximate surface area is 158 Å². The van der Waals surface area contributed by atoms with Crippen molar-refractivity contribution < 1.29 is 0 Å². The van der Waals surface area contributed by atoms with Gasteiger partial charge in [0.2, 0.25) is 0 Å². The molecule has 2 aromatic heterocycles. The Kier molecular flexibility index (Phi) is 3.42. The van der Waals surface area contributed by atoms with Crippen LogP contribution in [0.1, 0.15) is 0 Å². The molecular formula is C20H13BrS2Si. The molecule has 0 nitrogen and oxygen atoms in total. The van der Waals surface area contributed by atoms with Crippen molar-refractivity contribution in [2.45, 2.75) is 0 Å². The molecular weight excluding hydrogens is 412 g/mol. The van der Waals surface area contributed by atoms with Crippen LogP contribution in [0, 0.1) is 0 Å². The van der Waals surface area contributed by atoms with Crippen molar-refractivity contribution in [1.82, 2.24) is 0 Å². The minimum absolute atomic E-state index is 1.23. The third-order valence-electron chi connectivity index (χ3n) is 4.80. The third kappa shape index (κ3) is 1.88. The van der Waals surface area contributed by atoms with Gasteiger partial charge in [-0.3, -0.25) is 0 Å². The van der Waals surface area contributed by atoms with Gasteiger partial charge in [-0.1, -0.05) is 66.7 Å². The van der Waals surface area contributed by atoms with Gasteiger partial charge in [-0.15, -0.1) is 22.7 Å². The Morgan fingerprint density at radius 3 is 1.96 bits per heavy atom. The minimum atomic E-state index is -2.16. The Morgan fingerprint density at radius 2 is 1.33 bits per heavy atom. The van der Waals surface area contributed by atoms with Crippen molar-refractivity contribution in [3.05, 3.63) is 82.0 Å². The van der Waals surface area contributed by atoms with E-state index in [1.165, 1.54) is 23.9 Å². The number of rotatable bonds is 2. The van der Waals surface area contributed by atoms with E-state index in [1.54, 1.807) is 10.4 Å². The van der Waals surface area contributed by atoms with Crippen LogP contribution in [0.3, 0.4) is 0 Å². The predicted molar refractivity (Wildman–Crippen MR) is 113 cm³/mol. The van der Waals surface area contributed by atoms with Crippen LogP contribution in [0.5, 0.6) is 0 Å². The lowest BCUT2D eigenvalue weighted by Gasteiger charge is -2.29. The van der Waals surface area contributed by atoms with E-state index in [-0.39, 0.29) is 0 Å². The number of hydrogen-bond acceptors (Lipinski definition) is 2. The van der Waals surface area contributed by atoms with Gasteiger partial charge in [0.1, 0.15) is 0 Å². The maximum atomic E-state index is 3.74. The lowest BCUT2D eigenvalue weighted by Crippen LogP contribution is -2.72. The smallest absolute Gasteiger partial charge is 0.143 e. The van der Waals surface area contributed by atoms with Crippen LogP contribution >= 0.6 is 38.6 Å². The van der Waals surface area contributed by atoms with E-state index < -0.39 is 8.07 Å². The standard InChI is InChI=1S/C20H13BrS2Si/c21-18-13-17-20(23-18)19-16(11-12-22-19)24(17,14-7-3-1-4-8-14)15-9-5-2-6-10-15/h1-13H. The lowest BCUT2D eigenvalue weighted by molar-refractivity contribution is 1.71. The zero-order valence-corrected chi connectivity index (χ0v) is 16.9. The van der Waals surface area contributed by atoms with E-state index in [1.807, 2.05) is 22.7 Å². The van der Waals surface area contributed by atoms with Crippen molar-refractivity contribution in [2.24, 2.45) is 0 Å². The fraction of sp³-hybridized carbons (Fsp3) is 0. The monoisotopic (exact) mass is 424 g/mol. The summed E-state index contributed by atoms with van der Waals surface area (Å²) >= 11 is 7.50. The first-order valence-corrected chi connectivity index (χ1v) is 12.3. The molecule has 24 heavy (non-hydrogen) atoms. The lowest BCUT2D eigenvalue weighted by atomic mass is 10.4. The third-order valence-corrected chi connectivity index (χ3v) is 12.7. The molecule has 0 saturated heterocycles. The van der Waals surface area contributed by atoms with Crippen molar-refractivity contribution in [3.8, 4) is 9.75 Å². The SMILES string of the molecule is Brc1cc2c(s1)-c1sccc1[Si]2(c1ccccc1)c1ccccc1. The molecule has 1 aliphatic heterocycles. The first kappa shape index (κ1) is 14.8. The van der Waals surface area contributed by atoms with Gasteiger partial charge in [-0.05, 0) is 48.1 Å². The fourth-order valence-electron chi connectivity index (χ4n) is 3.90. The van der Waals surface area contributed by atoms with Gasteiger partial charge in [0.15, 0.2) is 8.07 Å². The van der Waals surface area contributed by atoms with Crippen LogP contribution in [0.15, 0.2) is 82.0 Å². The molecule has 0 radical (unpaired) electrons. The average Bonchev–Trinajstić information content (AvgIpc) is 3.29. The molecule has 5 rings (SSSR count). The molecule has 0 spiro atoms. The Balaban J connectivity index is 1.96. The summed E-state index contributed by atoms with van der Waals surface area (Å²) in [5, 5.41) is 8.30. The maximum Gasteiger partial charge on any atom is 0.182 e. The van der Waals surface area contributed by atoms with E-state index >= 15 is 0 Å². The summed E-state index contributed by atoms with van der Waals surface area (Å²) in [5.41, 5.74) is 0. The summed E-state index contributed by atoms with van der Waals surface area (Å²) in [5.74, 6) is 0. The summed E-state index contributed by atoms with van der Waals surface area (Å²) in [7, 11) is -2.16. The molecule has 2 aromatic carbocycles. The summed E-state index contributed by atoms with van der Waals surface area (Å²) in [4.78, 5) is 2.94. The second-order valence-electron chi connectivity index (χ2n) is 5.94. The Morgan fingerprint density at radius 1 is 0.708 bits per heavy atom. The highest BCUT2D eigenvalue weighted by atomic mass is 79.9. The number of halogens is 1. The van der Waals surface area contributed by atoms with Gasteiger partial charge in [0.25, 0.3) is 0 Å². The van der Waals surface area contributed by atoms with Gasteiger partial charge in [0.05, 0.1) is 3.79 Å². The van der Waals surface area contributed by atoms with Crippen molar-refractivity contribution in [3.63, 3.8) is 0 Å². The largest absolute Gasteiger partial charge is 0.182 e. The van der Waals surface area contributed by atoms with Crippen molar-refractivity contribution >= 4 is 67.4 Å². The van der Waals surface area contributed by atoms with E-state index in [0.717, 1.165) is 0 Å². The summed E-state index contributed by atoms with van der Waals surface area (Å²) < 4.78 is 1.23. The van der Waals surface area contributed by atoms with Crippen LogP contribution in [-0.4, -0.2) is 8.07 Å². The van der Waals surface area contributed by atoms with Crippen LogP contribution in [-0.2, 0) is 0 Å². The van der Waals surface area contributed by atoms with Gasteiger partial charge in [-0.2, -0.15) is 0 Å². The van der Waals surface area contributed by atoms with E-state index in [2.05, 4.69) is 94.1 Å². The van der Waals surface area contributed by atoms with E-state index in [9.17, 15) is 0 Å². The summed E-state index contributed by atoms with van der Waals surface area (Å²) in [6, 6.07) is 27.0. The molecule has 0 aliphatic carbocycles. The minimum Gasteiger partial charge on any atom is -0.143 e. The zero-order chi connectivity index (χ0) is 16.1. The van der Waals surface area contributed by atoms with Gasteiger partial charge in [0, 0.05) is 9.75 Å². The van der Waals surface area contributed by atoms with Crippen LogP contribution in [0.4, 0.5) is 0 Å². The van der Waals surface area contributed by atoms with Crippen LogP contribution < -0.4 is 20.7 Å². The zero-order valence-electron chi connectivity index (χ0n) is 12.7. The molecule has 4 aromatic rings. The van der Waals surface area contributed by atoms with Crippen LogP contribution in [0.2, 0.25) is 0 Å². The first-order valence-electron chi connectivity index (χ1n) is 7.81. The number of benzene rings is 2. The molecule has 0 atom stereocenters. The van der Waals surface area contributed by atoms with Gasteiger partial charge in [-0.25, -0.2) is 0 Å². The highest BCUT2D eigenvalue weighted by molar-refractivity contribution is 9.11. The fourth-order valence-corrected chi connectivity index (χ4v) is 13.1. The number of hydrogen-bond donors (Lipinski definition) is 0. The van der Waals surface area contributed by atoms with Crippen molar-refractivity contribution in [2.75, 3.05) is 0 Å². The second kappa shape index (κ2) is 5.53.